The summed E-state index contributed by atoms with van der Waals surface area (Å²) in [5.41, 5.74) is 5.99. The first-order valence-corrected chi connectivity index (χ1v) is 6.78. The Labute approximate surface area is 94.7 Å². The van der Waals surface area contributed by atoms with Crippen molar-refractivity contribution < 1.29 is 13.6 Å². The molecule has 2 N–H and O–H groups in total. The molecular weight excluding hydrogens is 229 g/mol. The standard InChI is InChI=1S/C9H16N3O3P/c1-3-14-16(13,15-4-2)7-8-5-6-11-9(10)12-8/h5-6H,3-4,7H2,1-2H3,(H2,10,11,12). The quantitative estimate of drug-likeness (QED) is 0.769. The SMILES string of the molecule is CCOP(=O)(Cc1ccnc(N)n1)OCC. The zero-order valence-electron chi connectivity index (χ0n) is 9.42. The monoisotopic (exact) mass is 245 g/mol. The molecule has 1 aromatic heterocycles. The second-order valence-corrected chi connectivity index (χ2v) is 5.07. The maximum absolute atomic E-state index is 12.1. The first-order chi connectivity index (χ1) is 7.59. The van der Waals surface area contributed by atoms with Gasteiger partial charge in [0.05, 0.1) is 25.1 Å². The van der Waals surface area contributed by atoms with Crippen LogP contribution in [0.25, 0.3) is 0 Å². The van der Waals surface area contributed by atoms with Crippen LogP contribution in [0.4, 0.5) is 5.95 Å². The molecular formula is C9H16N3O3P. The van der Waals surface area contributed by atoms with E-state index in [1.807, 2.05) is 0 Å². The average Bonchev–Trinajstić information content (AvgIpc) is 2.17. The van der Waals surface area contributed by atoms with Gasteiger partial charge < -0.3 is 14.8 Å². The summed E-state index contributed by atoms with van der Waals surface area (Å²) in [5.74, 6) is 0.150. The summed E-state index contributed by atoms with van der Waals surface area (Å²) < 4.78 is 22.4. The second-order valence-electron chi connectivity index (χ2n) is 3.01. The zero-order valence-corrected chi connectivity index (χ0v) is 10.3. The largest absolute Gasteiger partial charge is 0.368 e. The van der Waals surface area contributed by atoms with Crippen LogP contribution < -0.4 is 5.73 Å². The van der Waals surface area contributed by atoms with Gasteiger partial charge in [0, 0.05) is 6.20 Å². The van der Waals surface area contributed by atoms with E-state index in [4.69, 9.17) is 14.8 Å². The lowest BCUT2D eigenvalue weighted by Crippen LogP contribution is -2.03. The molecule has 0 aromatic carbocycles. The van der Waals surface area contributed by atoms with Crippen molar-refractivity contribution in [2.75, 3.05) is 18.9 Å². The lowest BCUT2D eigenvalue weighted by Gasteiger charge is -2.16. The van der Waals surface area contributed by atoms with E-state index in [9.17, 15) is 4.57 Å². The highest BCUT2D eigenvalue weighted by Gasteiger charge is 2.24. The Morgan fingerprint density at radius 3 is 2.50 bits per heavy atom. The van der Waals surface area contributed by atoms with Crippen LogP contribution in [0.15, 0.2) is 12.3 Å². The van der Waals surface area contributed by atoms with E-state index < -0.39 is 7.60 Å². The van der Waals surface area contributed by atoms with Crippen LogP contribution >= 0.6 is 7.60 Å². The molecule has 0 saturated heterocycles. The Hall–Kier alpha value is -0.970. The molecule has 1 aromatic rings. The molecule has 0 atom stereocenters. The molecule has 16 heavy (non-hydrogen) atoms. The van der Waals surface area contributed by atoms with E-state index >= 15 is 0 Å². The normalized spacial score (nSPS) is 11.6. The molecule has 0 amide bonds. The average molecular weight is 245 g/mol. The molecule has 6 nitrogen and oxygen atoms in total. The molecule has 0 radical (unpaired) electrons. The second kappa shape index (κ2) is 5.94. The Kier molecular flexibility index (Phi) is 4.86. The van der Waals surface area contributed by atoms with Crippen molar-refractivity contribution in [3.05, 3.63) is 18.0 Å². The summed E-state index contributed by atoms with van der Waals surface area (Å²) in [7, 11) is -3.11. The summed E-state index contributed by atoms with van der Waals surface area (Å²) in [6.45, 7) is 4.19. The number of nitrogens with two attached hydrogens (primary N) is 1. The van der Waals surface area contributed by atoms with Crippen molar-refractivity contribution in [3.63, 3.8) is 0 Å². The van der Waals surface area contributed by atoms with E-state index in [0.717, 1.165) is 0 Å². The molecule has 1 rings (SSSR count). The van der Waals surface area contributed by atoms with Crippen LogP contribution in [0.2, 0.25) is 0 Å². The van der Waals surface area contributed by atoms with Gasteiger partial charge in [-0.3, -0.25) is 4.57 Å². The molecule has 0 fully saturated rings. The number of aromatic nitrogens is 2. The maximum atomic E-state index is 12.1. The minimum atomic E-state index is -3.11. The van der Waals surface area contributed by atoms with E-state index in [1.54, 1.807) is 19.9 Å². The first-order valence-electron chi connectivity index (χ1n) is 5.05. The number of rotatable bonds is 6. The Bertz CT molecular complexity index is 376. The predicted octanol–water partition coefficient (Wildman–Crippen LogP) is 1.82. The van der Waals surface area contributed by atoms with Gasteiger partial charge in [0.15, 0.2) is 0 Å². The molecule has 0 aliphatic rings. The summed E-state index contributed by atoms with van der Waals surface area (Å²) in [6.07, 6.45) is 1.63. The fourth-order valence-corrected chi connectivity index (χ4v) is 2.84. The maximum Gasteiger partial charge on any atom is 0.336 e. The zero-order chi connectivity index (χ0) is 12.0. The highest BCUT2D eigenvalue weighted by Crippen LogP contribution is 2.50. The van der Waals surface area contributed by atoms with Crippen molar-refractivity contribution in [2.24, 2.45) is 0 Å². The van der Waals surface area contributed by atoms with Gasteiger partial charge in [-0.1, -0.05) is 0 Å². The third-order valence-electron chi connectivity index (χ3n) is 1.74. The fourth-order valence-electron chi connectivity index (χ4n) is 1.22. The summed E-state index contributed by atoms with van der Waals surface area (Å²) in [4.78, 5) is 7.71. The number of hydrogen-bond donors (Lipinski definition) is 1. The molecule has 0 unspecified atom stereocenters. The van der Waals surface area contributed by atoms with Gasteiger partial charge in [0.25, 0.3) is 0 Å². The van der Waals surface area contributed by atoms with E-state index in [1.165, 1.54) is 6.20 Å². The van der Waals surface area contributed by atoms with E-state index in [2.05, 4.69) is 9.97 Å². The Morgan fingerprint density at radius 1 is 1.38 bits per heavy atom. The minimum Gasteiger partial charge on any atom is -0.368 e. The van der Waals surface area contributed by atoms with Crippen LogP contribution in [0, 0.1) is 0 Å². The van der Waals surface area contributed by atoms with Crippen LogP contribution in [-0.4, -0.2) is 23.2 Å². The smallest absolute Gasteiger partial charge is 0.336 e. The minimum absolute atomic E-state index is 0.112. The van der Waals surface area contributed by atoms with Gasteiger partial charge in [-0.15, -0.1) is 0 Å². The van der Waals surface area contributed by atoms with Gasteiger partial charge in [0.1, 0.15) is 0 Å². The molecule has 0 spiro atoms. The predicted molar refractivity (Wildman–Crippen MR) is 61.0 cm³/mol. The summed E-state index contributed by atoms with van der Waals surface area (Å²) >= 11 is 0. The van der Waals surface area contributed by atoms with Crippen molar-refractivity contribution in [1.29, 1.82) is 0 Å². The topological polar surface area (TPSA) is 87.3 Å². The van der Waals surface area contributed by atoms with Crippen molar-refractivity contribution >= 4 is 13.5 Å². The molecule has 90 valence electrons. The van der Waals surface area contributed by atoms with Gasteiger partial charge >= 0.3 is 7.60 Å². The molecule has 0 bridgehead atoms. The third kappa shape index (κ3) is 3.89. The van der Waals surface area contributed by atoms with E-state index in [-0.39, 0.29) is 12.1 Å². The van der Waals surface area contributed by atoms with Crippen molar-refractivity contribution in [1.82, 2.24) is 9.97 Å². The molecule has 0 aliphatic heterocycles. The Balaban J connectivity index is 2.79. The van der Waals surface area contributed by atoms with Crippen LogP contribution in [0.3, 0.4) is 0 Å². The van der Waals surface area contributed by atoms with Gasteiger partial charge in [-0.05, 0) is 19.9 Å². The van der Waals surface area contributed by atoms with Gasteiger partial charge in [0.2, 0.25) is 5.95 Å². The van der Waals surface area contributed by atoms with Crippen molar-refractivity contribution in [2.45, 2.75) is 20.0 Å². The molecule has 0 saturated carbocycles. The van der Waals surface area contributed by atoms with Crippen LogP contribution in [0.1, 0.15) is 19.5 Å². The highest BCUT2D eigenvalue weighted by atomic mass is 31.2. The van der Waals surface area contributed by atoms with Gasteiger partial charge in [-0.25, -0.2) is 9.97 Å². The lowest BCUT2D eigenvalue weighted by molar-refractivity contribution is 0.219. The lowest BCUT2D eigenvalue weighted by atomic mass is 10.5. The molecule has 0 aliphatic carbocycles. The van der Waals surface area contributed by atoms with Crippen molar-refractivity contribution in [3.8, 4) is 0 Å². The third-order valence-corrected chi connectivity index (χ3v) is 3.75. The summed E-state index contributed by atoms with van der Waals surface area (Å²) in [6, 6.07) is 1.64. The Morgan fingerprint density at radius 2 is 2.00 bits per heavy atom. The number of anilines is 1. The van der Waals surface area contributed by atoms with Gasteiger partial charge in [-0.2, -0.15) is 0 Å². The molecule has 7 heteroatoms. The number of nitrogen functional groups attached to an aromatic ring is 1. The van der Waals surface area contributed by atoms with E-state index in [0.29, 0.717) is 18.9 Å². The van der Waals surface area contributed by atoms with Crippen LogP contribution in [-0.2, 0) is 19.8 Å². The fraction of sp³-hybridized carbons (Fsp3) is 0.556. The van der Waals surface area contributed by atoms with Crippen LogP contribution in [0.5, 0.6) is 0 Å². The molecule has 1 heterocycles. The highest BCUT2D eigenvalue weighted by molar-refractivity contribution is 7.53. The first kappa shape index (κ1) is 13.1. The number of nitrogens with zero attached hydrogens (tertiary/aromatic N) is 2. The number of hydrogen-bond acceptors (Lipinski definition) is 6. The summed E-state index contributed by atoms with van der Waals surface area (Å²) in [5, 5.41) is 0.